The van der Waals surface area contributed by atoms with Crippen molar-refractivity contribution in [3.63, 3.8) is 0 Å². The maximum atomic E-state index is 11.7. The Morgan fingerprint density at radius 2 is 1.96 bits per heavy atom. The molecule has 0 aliphatic heterocycles. The highest BCUT2D eigenvalue weighted by molar-refractivity contribution is 5.89. The molecular formula is C19H18N2O3. The van der Waals surface area contributed by atoms with Crippen molar-refractivity contribution >= 4 is 5.97 Å². The van der Waals surface area contributed by atoms with E-state index in [2.05, 4.69) is 4.98 Å². The van der Waals surface area contributed by atoms with E-state index in [1.807, 2.05) is 53.2 Å². The van der Waals surface area contributed by atoms with E-state index in [1.165, 1.54) is 7.11 Å². The SMILES string of the molecule is COC(=O)c1cccc(Cn2ccnc2-c2cccc(OC)c2)c1. The Kier molecular flexibility index (Phi) is 4.61. The van der Waals surface area contributed by atoms with Crippen molar-refractivity contribution in [2.24, 2.45) is 0 Å². The highest BCUT2D eigenvalue weighted by Crippen LogP contribution is 2.23. The molecule has 2 aromatic carbocycles. The molecule has 1 aromatic heterocycles. The number of methoxy groups -OCH3 is 2. The van der Waals surface area contributed by atoms with Crippen molar-refractivity contribution in [2.45, 2.75) is 6.54 Å². The lowest BCUT2D eigenvalue weighted by molar-refractivity contribution is 0.0600. The Morgan fingerprint density at radius 3 is 2.75 bits per heavy atom. The van der Waals surface area contributed by atoms with Gasteiger partial charge in [-0.15, -0.1) is 0 Å². The van der Waals surface area contributed by atoms with Crippen LogP contribution in [0.1, 0.15) is 15.9 Å². The van der Waals surface area contributed by atoms with Gasteiger partial charge >= 0.3 is 5.97 Å². The van der Waals surface area contributed by atoms with Gasteiger partial charge < -0.3 is 14.0 Å². The minimum Gasteiger partial charge on any atom is -0.497 e. The summed E-state index contributed by atoms with van der Waals surface area (Å²) in [7, 11) is 3.02. The molecule has 122 valence electrons. The second kappa shape index (κ2) is 7.00. The lowest BCUT2D eigenvalue weighted by Gasteiger charge is -2.10. The smallest absolute Gasteiger partial charge is 0.337 e. The van der Waals surface area contributed by atoms with Crippen molar-refractivity contribution in [1.29, 1.82) is 0 Å². The Hall–Kier alpha value is -3.08. The van der Waals surface area contributed by atoms with Gasteiger partial charge in [0.1, 0.15) is 11.6 Å². The summed E-state index contributed by atoms with van der Waals surface area (Å²) in [6, 6.07) is 15.2. The van der Waals surface area contributed by atoms with Gasteiger partial charge in [-0.25, -0.2) is 9.78 Å². The molecule has 24 heavy (non-hydrogen) atoms. The molecule has 0 N–H and O–H groups in total. The third kappa shape index (κ3) is 3.30. The molecule has 0 atom stereocenters. The van der Waals surface area contributed by atoms with Crippen LogP contribution in [-0.4, -0.2) is 29.7 Å². The Bertz CT molecular complexity index is 855. The molecular weight excluding hydrogens is 304 g/mol. The number of rotatable bonds is 5. The van der Waals surface area contributed by atoms with Gasteiger partial charge in [0.05, 0.1) is 19.8 Å². The zero-order chi connectivity index (χ0) is 16.9. The number of carbonyl (C=O) groups excluding carboxylic acids is 1. The lowest BCUT2D eigenvalue weighted by Crippen LogP contribution is -2.05. The molecule has 0 radical (unpaired) electrons. The van der Waals surface area contributed by atoms with Crippen molar-refractivity contribution < 1.29 is 14.3 Å². The number of ether oxygens (including phenoxy) is 2. The maximum absolute atomic E-state index is 11.7. The molecule has 0 aliphatic carbocycles. The molecule has 0 fully saturated rings. The summed E-state index contributed by atoms with van der Waals surface area (Å²) in [6.07, 6.45) is 3.68. The van der Waals surface area contributed by atoms with E-state index >= 15 is 0 Å². The average Bonchev–Trinajstić information content (AvgIpc) is 3.09. The minimum atomic E-state index is -0.337. The summed E-state index contributed by atoms with van der Waals surface area (Å²) in [5.41, 5.74) is 2.52. The van der Waals surface area contributed by atoms with Crippen LogP contribution in [0.3, 0.4) is 0 Å². The largest absolute Gasteiger partial charge is 0.497 e. The number of hydrogen-bond donors (Lipinski definition) is 0. The molecule has 0 amide bonds. The van der Waals surface area contributed by atoms with Gasteiger partial charge in [-0.05, 0) is 29.8 Å². The van der Waals surface area contributed by atoms with Crippen LogP contribution in [-0.2, 0) is 11.3 Å². The molecule has 1 heterocycles. The van der Waals surface area contributed by atoms with Crippen LogP contribution in [0.2, 0.25) is 0 Å². The molecule has 0 aliphatic rings. The first-order valence-corrected chi connectivity index (χ1v) is 7.54. The monoisotopic (exact) mass is 322 g/mol. The zero-order valence-electron chi connectivity index (χ0n) is 13.6. The number of nitrogens with zero attached hydrogens (tertiary/aromatic N) is 2. The predicted octanol–water partition coefficient (Wildman–Crippen LogP) is 3.39. The lowest BCUT2D eigenvalue weighted by atomic mass is 10.1. The van der Waals surface area contributed by atoms with Gasteiger partial charge in [-0.3, -0.25) is 0 Å². The first kappa shape index (κ1) is 15.8. The fraction of sp³-hybridized carbons (Fsp3) is 0.158. The van der Waals surface area contributed by atoms with Gasteiger partial charge in [0.15, 0.2) is 0 Å². The van der Waals surface area contributed by atoms with E-state index in [9.17, 15) is 4.79 Å². The van der Waals surface area contributed by atoms with E-state index in [-0.39, 0.29) is 5.97 Å². The van der Waals surface area contributed by atoms with Crippen LogP contribution in [0.4, 0.5) is 0 Å². The summed E-state index contributed by atoms with van der Waals surface area (Å²) >= 11 is 0. The number of imidazole rings is 1. The van der Waals surface area contributed by atoms with Gasteiger partial charge in [0.25, 0.3) is 0 Å². The van der Waals surface area contributed by atoms with Crippen molar-refractivity contribution in [3.8, 4) is 17.1 Å². The van der Waals surface area contributed by atoms with Gasteiger partial charge in [-0.1, -0.05) is 24.3 Å². The zero-order valence-corrected chi connectivity index (χ0v) is 13.6. The van der Waals surface area contributed by atoms with E-state index < -0.39 is 0 Å². The molecule has 0 saturated carbocycles. The molecule has 3 rings (SSSR count). The summed E-state index contributed by atoms with van der Waals surface area (Å²) in [6.45, 7) is 0.609. The summed E-state index contributed by atoms with van der Waals surface area (Å²) in [5, 5.41) is 0. The number of esters is 1. The molecule has 0 bridgehead atoms. The van der Waals surface area contributed by atoms with Gasteiger partial charge in [0, 0.05) is 24.5 Å². The maximum Gasteiger partial charge on any atom is 0.337 e. The normalized spacial score (nSPS) is 10.4. The van der Waals surface area contributed by atoms with Crippen LogP contribution in [0, 0.1) is 0 Å². The molecule has 3 aromatic rings. The van der Waals surface area contributed by atoms with E-state index in [0.29, 0.717) is 12.1 Å². The van der Waals surface area contributed by atoms with Crippen LogP contribution in [0.5, 0.6) is 5.75 Å². The number of aromatic nitrogens is 2. The third-order valence-corrected chi connectivity index (χ3v) is 3.74. The highest BCUT2D eigenvalue weighted by Gasteiger charge is 2.10. The van der Waals surface area contributed by atoms with Crippen molar-refractivity contribution in [2.75, 3.05) is 14.2 Å². The standard InChI is InChI=1S/C19H18N2O3/c1-23-17-8-4-6-15(12-17)18-20-9-10-21(18)13-14-5-3-7-16(11-14)19(22)24-2/h3-12H,13H2,1-2H3. The minimum absolute atomic E-state index is 0.337. The number of carbonyl (C=O) groups is 1. The average molecular weight is 322 g/mol. The Labute approximate surface area is 140 Å². The van der Waals surface area contributed by atoms with Crippen LogP contribution in [0.25, 0.3) is 11.4 Å². The highest BCUT2D eigenvalue weighted by atomic mass is 16.5. The molecule has 0 saturated heterocycles. The summed E-state index contributed by atoms with van der Waals surface area (Å²) in [4.78, 5) is 16.1. The van der Waals surface area contributed by atoms with Crippen molar-refractivity contribution in [1.82, 2.24) is 9.55 Å². The van der Waals surface area contributed by atoms with E-state index in [0.717, 1.165) is 22.7 Å². The molecule has 0 unspecified atom stereocenters. The van der Waals surface area contributed by atoms with E-state index in [1.54, 1.807) is 19.4 Å². The fourth-order valence-corrected chi connectivity index (χ4v) is 2.57. The van der Waals surface area contributed by atoms with Crippen LogP contribution < -0.4 is 4.74 Å². The molecule has 5 heteroatoms. The Balaban J connectivity index is 1.90. The van der Waals surface area contributed by atoms with E-state index in [4.69, 9.17) is 9.47 Å². The van der Waals surface area contributed by atoms with Crippen LogP contribution >= 0.6 is 0 Å². The van der Waals surface area contributed by atoms with Gasteiger partial charge in [0.2, 0.25) is 0 Å². The summed E-state index contributed by atoms with van der Waals surface area (Å²) < 4.78 is 12.1. The van der Waals surface area contributed by atoms with Crippen molar-refractivity contribution in [3.05, 3.63) is 72.1 Å². The van der Waals surface area contributed by atoms with Crippen LogP contribution in [0.15, 0.2) is 60.9 Å². The first-order valence-electron chi connectivity index (χ1n) is 7.54. The molecule has 0 spiro atoms. The fourth-order valence-electron chi connectivity index (χ4n) is 2.57. The molecule has 5 nitrogen and oxygen atoms in total. The topological polar surface area (TPSA) is 53.4 Å². The quantitative estimate of drug-likeness (QED) is 0.676. The second-order valence-electron chi connectivity index (χ2n) is 5.30. The Morgan fingerprint density at radius 1 is 1.12 bits per heavy atom. The summed E-state index contributed by atoms with van der Waals surface area (Å²) in [5.74, 6) is 1.29. The van der Waals surface area contributed by atoms with Gasteiger partial charge in [-0.2, -0.15) is 0 Å². The second-order valence-corrected chi connectivity index (χ2v) is 5.30. The number of hydrogen-bond acceptors (Lipinski definition) is 4. The first-order chi connectivity index (χ1) is 11.7. The predicted molar refractivity (Wildman–Crippen MR) is 91.1 cm³/mol. The third-order valence-electron chi connectivity index (χ3n) is 3.74. The number of benzene rings is 2.